The van der Waals surface area contributed by atoms with Crippen molar-refractivity contribution in [2.45, 2.75) is 13.5 Å². The smallest absolute Gasteiger partial charge is 0.251 e. The van der Waals surface area contributed by atoms with Crippen LogP contribution < -0.4 is 15.6 Å². The number of anilines is 1. The largest absolute Gasteiger partial charge is 0.495 e. The number of ketones is 1. The van der Waals surface area contributed by atoms with Crippen LogP contribution in [0.4, 0.5) is 5.69 Å². The van der Waals surface area contributed by atoms with Crippen molar-refractivity contribution in [2.24, 2.45) is 0 Å². The van der Waals surface area contributed by atoms with E-state index in [1.165, 1.54) is 0 Å². The van der Waals surface area contributed by atoms with Gasteiger partial charge >= 0.3 is 0 Å². The Hall–Kier alpha value is -3.30. The van der Waals surface area contributed by atoms with Crippen molar-refractivity contribution in [1.29, 1.82) is 0 Å². The van der Waals surface area contributed by atoms with Gasteiger partial charge in [-0.25, -0.2) is 0 Å². The molecule has 1 aliphatic rings. The molecule has 0 saturated carbocycles. The number of pyridine rings is 2. The Kier molecular flexibility index (Phi) is 7.00. The lowest BCUT2D eigenvalue weighted by Gasteiger charge is -2.36. The van der Waals surface area contributed by atoms with Crippen LogP contribution in [0.5, 0.6) is 5.75 Å². The van der Waals surface area contributed by atoms with E-state index in [1.807, 2.05) is 18.2 Å². The topological polar surface area (TPSA) is 79.7 Å². The molecule has 0 radical (unpaired) electrons. The Labute approximate surface area is 197 Å². The molecule has 0 unspecified atom stereocenters. The Morgan fingerprint density at radius 3 is 2.48 bits per heavy atom. The highest BCUT2D eigenvalue weighted by atomic mass is 32.1. The van der Waals surface area contributed by atoms with E-state index in [1.54, 1.807) is 49.1 Å². The molecule has 9 heteroatoms. The van der Waals surface area contributed by atoms with Gasteiger partial charge in [0.15, 0.2) is 10.9 Å². The highest BCUT2D eigenvalue weighted by Crippen LogP contribution is 2.17. The van der Waals surface area contributed by atoms with Gasteiger partial charge < -0.3 is 19.5 Å². The number of methoxy groups -OCH3 is 1. The molecule has 0 aliphatic carbocycles. The fraction of sp³-hybridized carbons (Fsp3) is 0.333. The molecule has 2 aromatic heterocycles. The predicted molar refractivity (Wildman–Crippen MR) is 133 cm³/mol. The summed E-state index contributed by atoms with van der Waals surface area (Å²) in [6.45, 7) is 6.21. The molecule has 1 N–H and O–H groups in total. The number of carbonyl (C=O) groups is 1. The van der Waals surface area contributed by atoms with Crippen molar-refractivity contribution in [1.82, 2.24) is 19.4 Å². The zero-order valence-corrected chi connectivity index (χ0v) is 19.6. The summed E-state index contributed by atoms with van der Waals surface area (Å²) in [6.07, 6.45) is 1.66. The number of thiocarbonyl (C=S) groups is 1. The third-order valence-electron chi connectivity index (χ3n) is 5.89. The van der Waals surface area contributed by atoms with Gasteiger partial charge in [0.2, 0.25) is 0 Å². The van der Waals surface area contributed by atoms with Crippen LogP contribution in [0.25, 0.3) is 11.0 Å². The number of nitrogens with zero attached hydrogens (tertiary/aromatic N) is 4. The second-order valence-corrected chi connectivity index (χ2v) is 8.38. The molecule has 0 amide bonds. The molecule has 1 aliphatic heterocycles. The first kappa shape index (κ1) is 22.9. The van der Waals surface area contributed by atoms with E-state index in [9.17, 15) is 9.59 Å². The number of hydrogen-bond acceptors (Lipinski definition) is 6. The van der Waals surface area contributed by atoms with Crippen LogP contribution in [0.2, 0.25) is 0 Å². The maximum Gasteiger partial charge on any atom is 0.251 e. The van der Waals surface area contributed by atoms with Gasteiger partial charge in [-0.05, 0) is 49.5 Å². The molecule has 8 nitrogen and oxygen atoms in total. The zero-order valence-electron chi connectivity index (χ0n) is 18.8. The highest BCUT2D eigenvalue weighted by molar-refractivity contribution is 7.80. The lowest BCUT2D eigenvalue weighted by Crippen LogP contribution is -2.50. The molecule has 172 valence electrons. The Bertz CT molecular complexity index is 1220. The third kappa shape index (κ3) is 5.37. The fourth-order valence-corrected chi connectivity index (χ4v) is 4.20. The van der Waals surface area contributed by atoms with E-state index in [-0.39, 0.29) is 11.3 Å². The van der Waals surface area contributed by atoms with Crippen molar-refractivity contribution in [3.63, 3.8) is 0 Å². The summed E-state index contributed by atoms with van der Waals surface area (Å²) in [6, 6.07) is 12.5. The van der Waals surface area contributed by atoms with Crippen LogP contribution in [0.15, 0.2) is 53.5 Å². The van der Waals surface area contributed by atoms with Crippen LogP contribution >= 0.6 is 12.2 Å². The van der Waals surface area contributed by atoms with Gasteiger partial charge in [-0.1, -0.05) is 0 Å². The first-order valence-electron chi connectivity index (χ1n) is 10.9. The number of ether oxygens (including phenoxy) is 1. The van der Waals surface area contributed by atoms with Crippen LogP contribution in [-0.2, 0) is 6.54 Å². The maximum atomic E-state index is 12.5. The second kappa shape index (κ2) is 10.1. The molecule has 1 saturated heterocycles. The van der Waals surface area contributed by atoms with Gasteiger partial charge in [0.25, 0.3) is 5.56 Å². The molecule has 3 aromatic rings. The SMILES string of the molecule is COc1cnc2ccc(=O)n(CCN3CCN(C(=S)Nc4ccc(C(C)=O)cc4)CC3)c2c1. The average molecular weight is 466 g/mol. The number of hydrogen-bond donors (Lipinski definition) is 1. The highest BCUT2D eigenvalue weighted by Gasteiger charge is 2.19. The van der Waals surface area contributed by atoms with Gasteiger partial charge in [0, 0.05) is 62.7 Å². The summed E-state index contributed by atoms with van der Waals surface area (Å²) in [4.78, 5) is 32.8. The van der Waals surface area contributed by atoms with Crippen molar-refractivity contribution in [3.8, 4) is 5.75 Å². The van der Waals surface area contributed by atoms with Crippen molar-refractivity contribution >= 4 is 39.8 Å². The summed E-state index contributed by atoms with van der Waals surface area (Å²) >= 11 is 5.58. The lowest BCUT2D eigenvalue weighted by molar-refractivity contribution is 0.101. The molecule has 1 fully saturated rings. The standard InChI is InChI=1S/C24H27N5O3S/c1-17(30)18-3-5-19(6-4-18)26-24(33)28-12-9-27(10-13-28)11-14-29-22-15-20(32-2)16-25-21(22)7-8-23(29)31/h3-8,15-16H,9-14H2,1-2H3,(H,26,33). The monoisotopic (exact) mass is 465 g/mol. The number of nitrogens with one attached hydrogen (secondary N) is 1. The van der Waals surface area contributed by atoms with Gasteiger partial charge in [-0.3, -0.25) is 19.5 Å². The molecule has 3 heterocycles. The number of piperazine rings is 1. The Balaban J connectivity index is 1.32. The minimum atomic E-state index is -0.0441. The molecule has 0 spiro atoms. The van der Waals surface area contributed by atoms with Crippen molar-refractivity contribution in [2.75, 3.05) is 45.2 Å². The summed E-state index contributed by atoms with van der Waals surface area (Å²) in [5.41, 5.74) is 3.05. The minimum absolute atomic E-state index is 0.0430. The van der Waals surface area contributed by atoms with E-state index in [4.69, 9.17) is 17.0 Å². The van der Waals surface area contributed by atoms with Crippen LogP contribution in [0.1, 0.15) is 17.3 Å². The second-order valence-electron chi connectivity index (χ2n) is 8.00. The molecule has 0 bridgehead atoms. The summed E-state index contributed by atoms with van der Waals surface area (Å²) in [7, 11) is 1.59. The number of aromatic nitrogens is 2. The number of fused-ring (bicyclic) bond motifs is 1. The average Bonchev–Trinajstić information content (AvgIpc) is 2.83. The summed E-state index contributed by atoms with van der Waals surface area (Å²) < 4.78 is 7.04. The van der Waals surface area contributed by atoms with E-state index in [0.29, 0.717) is 23.0 Å². The minimum Gasteiger partial charge on any atom is -0.495 e. The van der Waals surface area contributed by atoms with Crippen LogP contribution in [-0.4, -0.2) is 70.1 Å². The molecule has 33 heavy (non-hydrogen) atoms. The van der Waals surface area contributed by atoms with Crippen molar-refractivity contribution < 1.29 is 9.53 Å². The van der Waals surface area contributed by atoms with E-state index < -0.39 is 0 Å². The number of Topliss-reactive ketones (excluding diaryl/α,β-unsaturated/α-hetero) is 1. The number of rotatable bonds is 6. The van der Waals surface area contributed by atoms with Crippen LogP contribution in [0, 0.1) is 0 Å². The predicted octanol–water partition coefficient (Wildman–Crippen LogP) is 2.62. The normalized spacial score (nSPS) is 14.3. The molecule has 0 atom stereocenters. The van der Waals surface area contributed by atoms with Gasteiger partial charge in [-0.2, -0.15) is 0 Å². The van der Waals surface area contributed by atoms with Crippen LogP contribution in [0.3, 0.4) is 0 Å². The molecule has 4 rings (SSSR count). The summed E-state index contributed by atoms with van der Waals surface area (Å²) in [5, 5.41) is 3.93. The van der Waals surface area contributed by atoms with E-state index in [0.717, 1.165) is 49.4 Å². The quantitative estimate of drug-likeness (QED) is 0.440. The van der Waals surface area contributed by atoms with Gasteiger partial charge in [-0.15, -0.1) is 0 Å². The third-order valence-corrected chi connectivity index (χ3v) is 6.25. The molecular weight excluding hydrogens is 438 g/mol. The molecular formula is C24H27N5O3S. The maximum absolute atomic E-state index is 12.5. The lowest BCUT2D eigenvalue weighted by atomic mass is 10.1. The number of benzene rings is 1. The van der Waals surface area contributed by atoms with E-state index in [2.05, 4.69) is 20.1 Å². The van der Waals surface area contributed by atoms with Crippen molar-refractivity contribution in [3.05, 3.63) is 64.6 Å². The first-order valence-corrected chi connectivity index (χ1v) is 11.3. The Morgan fingerprint density at radius 2 is 1.82 bits per heavy atom. The van der Waals surface area contributed by atoms with E-state index >= 15 is 0 Å². The summed E-state index contributed by atoms with van der Waals surface area (Å²) in [5.74, 6) is 0.675. The zero-order chi connectivity index (χ0) is 23.4. The number of carbonyl (C=O) groups excluding carboxylic acids is 1. The first-order chi connectivity index (χ1) is 15.9. The Morgan fingerprint density at radius 1 is 1.09 bits per heavy atom. The fourth-order valence-electron chi connectivity index (χ4n) is 3.90. The van der Waals surface area contributed by atoms with Gasteiger partial charge in [0.1, 0.15) is 5.75 Å². The van der Waals surface area contributed by atoms with Gasteiger partial charge in [0.05, 0.1) is 24.3 Å². The molecule has 1 aromatic carbocycles.